The Balaban J connectivity index is 1.66. The van der Waals surface area contributed by atoms with Crippen molar-refractivity contribution in [2.75, 3.05) is 18.4 Å². The van der Waals surface area contributed by atoms with Gasteiger partial charge >= 0.3 is 6.09 Å². The van der Waals surface area contributed by atoms with Gasteiger partial charge < -0.3 is 20.7 Å². The van der Waals surface area contributed by atoms with Crippen LogP contribution in [0, 0.1) is 0 Å². The van der Waals surface area contributed by atoms with E-state index < -0.39 is 11.5 Å². The van der Waals surface area contributed by atoms with E-state index in [1.807, 2.05) is 20.8 Å². The molecule has 2 aromatic rings. The Labute approximate surface area is 163 Å². The zero-order chi connectivity index (χ0) is 20.3. The van der Waals surface area contributed by atoms with Crippen LogP contribution in [0.25, 0.3) is 0 Å². The van der Waals surface area contributed by atoms with Crippen LogP contribution < -0.4 is 11.1 Å². The molecule has 9 heteroatoms. The van der Waals surface area contributed by atoms with Crippen LogP contribution in [0.3, 0.4) is 0 Å². The molecule has 1 aliphatic heterocycles. The highest BCUT2D eigenvalue weighted by atomic mass is 16.6. The van der Waals surface area contributed by atoms with Crippen LogP contribution >= 0.6 is 0 Å². The molecule has 0 saturated carbocycles. The predicted octanol–water partition coefficient (Wildman–Crippen LogP) is 1.59. The molecule has 2 amide bonds. The second-order valence-electron chi connectivity index (χ2n) is 7.69. The van der Waals surface area contributed by atoms with Gasteiger partial charge in [0.2, 0.25) is 0 Å². The van der Waals surface area contributed by atoms with Crippen molar-refractivity contribution in [3.63, 3.8) is 0 Å². The molecule has 3 rings (SSSR count). The van der Waals surface area contributed by atoms with Gasteiger partial charge in [0.05, 0.1) is 23.0 Å². The summed E-state index contributed by atoms with van der Waals surface area (Å²) in [7, 11) is 0. The highest BCUT2D eigenvalue weighted by molar-refractivity contribution is 5.98. The molecule has 28 heavy (non-hydrogen) atoms. The van der Waals surface area contributed by atoms with Crippen molar-refractivity contribution >= 4 is 17.7 Å². The number of pyridine rings is 1. The van der Waals surface area contributed by atoms with E-state index in [1.54, 1.807) is 29.6 Å². The lowest BCUT2D eigenvalue weighted by molar-refractivity contribution is 0.0104. The number of likely N-dealkylation sites (tertiary alicyclic amines) is 1. The van der Waals surface area contributed by atoms with Crippen molar-refractivity contribution in [2.24, 2.45) is 5.73 Å². The zero-order valence-electron chi connectivity index (χ0n) is 16.2. The molecule has 0 aliphatic carbocycles. The number of nitrogens with two attached hydrogens (primary N) is 1. The van der Waals surface area contributed by atoms with E-state index in [0.29, 0.717) is 30.8 Å². The predicted molar refractivity (Wildman–Crippen MR) is 103 cm³/mol. The van der Waals surface area contributed by atoms with Crippen LogP contribution in [0.2, 0.25) is 0 Å². The number of hydrogen-bond acceptors (Lipinski definition) is 7. The number of carbonyl (C=O) groups is 2. The summed E-state index contributed by atoms with van der Waals surface area (Å²) in [5.41, 5.74) is 7.34. The fourth-order valence-electron chi connectivity index (χ4n) is 2.78. The Kier molecular flexibility index (Phi) is 5.43. The monoisotopic (exact) mass is 384 g/mol. The molecule has 2 aromatic heterocycles. The van der Waals surface area contributed by atoms with Crippen LogP contribution in [0.1, 0.15) is 42.5 Å². The van der Waals surface area contributed by atoms with Crippen molar-refractivity contribution in [1.29, 1.82) is 0 Å². The molecule has 0 bridgehead atoms. The smallest absolute Gasteiger partial charge is 0.410 e. The Morgan fingerprint density at radius 1 is 1.21 bits per heavy atom. The molecule has 1 aliphatic rings. The van der Waals surface area contributed by atoms with E-state index in [4.69, 9.17) is 10.5 Å². The minimum Gasteiger partial charge on any atom is -0.444 e. The Morgan fingerprint density at radius 2 is 1.96 bits per heavy atom. The van der Waals surface area contributed by atoms with E-state index in [1.165, 1.54) is 6.20 Å². The first-order valence-electron chi connectivity index (χ1n) is 8.99. The van der Waals surface area contributed by atoms with Gasteiger partial charge in [-0.3, -0.25) is 19.7 Å². The van der Waals surface area contributed by atoms with Gasteiger partial charge in [0.1, 0.15) is 5.60 Å². The van der Waals surface area contributed by atoms with Crippen molar-refractivity contribution in [3.8, 4) is 0 Å². The van der Waals surface area contributed by atoms with Gasteiger partial charge in [0, 0.05) is 50.0 Å². The number of nitrogens with zero attached hydrogens (tertiary/aromatic N) is 4. The minimum atomic E-state index is -0.565. The Bertz CT molecular complexity index is 860. The summed E-state index contributed by atoms with van der Waals surface area (Å²) in [5, 5.41) is 3.28. The maximum Gasteiger partial charge on any atom is 0.410 e. The van der Waals surface area contributed by atoms with Crippen LogP contribution in [-0.2, 0) is 11.2 Å². The Hall–Kier alpha value is -3.23. The van der Waals surface area contributed by atoms with Gasteiger partial charge in [-0.1, -0.05) is 0 Å². The summed E-state index contributed by atoms with van der Waals surface area (Å²) < 4.78 is 5.35. The third-order valence-electron chi connectivity index (χ3n) is 4.10. The quantitative estimate of drug-likeness (QED) is 0.802. The van der Waals surface area contributed by atoms with Crippen molar-refractivity contribution in [3.05, 3.63) is 47.8 Å². The van der Waals surface area contributed by atoms with Gasteiger partial charge in [-0.25, -0.2) is 4.79 Å². The average molecular weight is 384 g/mol. The first-order chi connectivity index (χ1) is 13.2. The maximum absolute atomic E-state index is 12.1. The second-order valence-corrected chi connectivity index (χ2v) is 7.69. The second kappa shape index (κ2) is 7.79. The highest BCUT2D eigenvalue weighted by Gasteiger charge is 2.34. The molecule has 0 aromatic carbocycles. The molecule has 0 unspecified atom stereocenters. The zero-order valence-corrected chi connectivity index (χ0v) is 16.2. The number of ether oxygens (including phenoxy) is 1. The topological polar surface area (TPSA) is 123 Å². The number of primary amides is 1. The van der Waals surface area contributed by atoms with E-state index >= 15 is 0 Å². The summed E-state index contributed by atoms with van der Waals surface area (Å²) >= 11 is 0. The van der Waals surface area contributed by atoms with Gasteiger partial charge in [-0.15, -0.1) is 0 Å². The van der Waals surface area contributed by atoms with E-state index in [9.17, 15) is 9.59 Å². The van der Waals surface area contributed by atoms with Gasteiger partial charge in [0.15, 0.2) is 0 Å². The number of carbonyl (C=O) groups excluding carboxylic acids is 2. The van der Waals surface area contributed by atoms with E-state index in [-0.39, 0.29) is 12.1 Å². The fraction of sp³-hybridized carbons (Fsp3) is 0.421. The molecule has 9 nitrogen and oxygen atoms in total. The lowest BCUT2D eigenvalue weighted by atomic mass is 10.1. The van der Waals surface area contributed by atoms with Crippen LogP contribution in [0.5, 0.6) is 0 Å². The number of anilines is 1. The van der Waals surface area contributed by atoms with Crippen molar-refractivity contribution < 1.29 is 14.3 Å². The molecular weight excluding hydrogens is 360 g/mol. The number of nitrogens with one attached hydrogen (secondary N) is 1. The first kappa shape index (κ1) is 19.5. The standard InChI is InChI=1S/C19H24N6O3/c1-19(2,3)28-18(27)25-10-14(11-25)24-16-7-12(23-9-15(16)17(20)26)6-13-8-21-4-5-22-13/h4-5,7-9,14H,6,10-11H2,1-3H3,(H2,20,26)(H,23,24). The summed E-state index contributed by atoms with van der Waals surface area (Å²) in [6.07, 6.45) is 6.48. The van der Waals surface area contributed by atoms with Crippen molar-refractivity contribution in [1.82, 2.24) is 19.9 Å². The molecule has 0 radical (unpaired) electrons. The lowest BCUT2D eigenvalue weighted by Gasteiger charge is -2.40. The van der Waals surface area contributed by atoms with Gasteiger partial charge in [-0.05, 0) is 26.8 Å². The number of amides is 2. The molecule has 3 heterocycles. The number of hydrogen-bond donors (Lipinski definition) is 2. The van der Waals surface area contributed by atoms with Crippen LogP contribution in [0.15, 0.2) is 30.9 Å². The van der Waals surface area contributed by atoms with Crippen LogP contribution in [0.4, 0.5) is 10.5 Å². The molecule has 0 atom stereocenters. The van der Waals surface area contributed by atoms with E-state index in [2.05, 4.69) is 20.3 Å². The fourth-order valence-corrected chi connectivity index (χ4v) is 2.78. The Morgan fingerprint density at radius 3 is 2.57 bits per heavy atom. The normalized spacial score (nSPS) is 14.3. The largest absolute Gasteiger partial charge is 0.444 e. The highest BCUT2D eigenvalue weighted by Crippen LogP contribution is 2.22. The summed E-state index contributed by atoms with van der Waals surface area (Å²) in [6, 6.07) is 1.78. The van der Waals surface area contributed by atoms with Gasteiger partial charge in [-0.2, -0.15) is 0 Å². The molecule has 148 valence electrons. The van der Waals surface area contributed by atoms with Crippen molar-refractivity contribution in [2.45, 2.75) is 38.8 Å². The minimum absolute atomic E-state index is 0.00242. The summed E-state index contributed by atoms with van der Waals surface area (Å²) in [5.74, 6) is -0.565. The summed E-state index contributed by atoms with van der Waals surface area (Å²) in [6.45, 7) is 6.45. The number of aromatic nitrogens is 3. The lowest BCUT2D eigenvalue weighted by Crippen LogP contribution is -2.58. The SMILES string of the molecule is CC(C)(C)OC(=O)N1CC(Nc2cc(Cc3cnccn3)ncc2C(N)=O)C1. The molecule has 3 N–H and O–H groups in total. The molecule has 1 fully saturated rings. The van der Waals surface area contributed by atoms with E-state index in [0.717, 1.165) is 11.4 Å². The number of rotatable bonds is 5. The summed E-state index contributed by atoms with van der Waals surface area (Å²) in [4.78, 5) is 38.0. The molecule has 0 spiro atoms. The third kappa shape index (κ3) is 4.93. The average Bonchev–Trinajstić information content (AvgIpc) is 2.57. The third-order valence-corrected chi connectivity index (χ3v) is 4.10. The first-order valence-corrected chi connectivity index (χ1v) is 8.99. The van der Waals surface area contributed by atoms with Gasteiger partial charge in [0.25, 0.3) is 5.91 Å². The molecule has 1 saturated heterocycles. The maximum atomic E-state index is 12.1. The van der Waals surface area contributed by atoms with Crippen LogP contribution in [-0.4, -0.2) is 56.6 Å². The molecular formula is C19H24N6O3.